The van der Waals surface area contributed by atoms with Crippen LogP contribution in [0, 0.1) is 5.92 Å². The highest BCUT2D eigenvalue weighted by Gasteiger charge is 2.44. The van der Waals surface area contributed by atoms with Crippen LogP contribution in [-0.4, -0.2) is 66.9 Å². The Bertz CT molecular complexity index is 964. The summed E-state index contributed by atoms with van der Waals surface area (Å²) in [7, 11) is 0. The van der Waals surface area contributed by atoms with E-state index >= 15 is 0 Å². The molecule has 184 valence electrons. The number of anilines is 1. The van der Waals surface area contributed by atoms with E-state index in [9.17, 15) is 13.2 Å². The molecule has 0 aliphatic carbocycles. The second-order valence-corrected chi connectivity index (χ2v) is 9.62. The van der Waals surface area contributed by atoms with E-state index in [0.717, 1.165) is 62.9 Å². The summed E-state index contributed by atoms with van der Waals surface area (Å²) in [6.07, 6.45) is -3.00. The number of rotatable bonds is 5. The van der Waals surface area contributed by atoms with E-state index in [1.165, 1.54) is 6.07 Å². The summed E-state index contributed by atoms with van der Waals surface area (Å²) in [5.74, 6) is 0.0658. The molecule has 0 unspecified atom stereocenters. The predicted octanol–water partition coefficient (Wildman–Crippen LogP) is 4.32. The fraction of sp³-hybridized carbons (Fsp3) is 0.538. The number of aliphatic hydroxyl groups excluding tert-OH is 1. The van der Waals surface area contributed by atoms with Crippen LogP contribution < -0.4 is 5.32 Å². The van der Waals surface area contributed by atoms with Crippen molar-refractivity contribution < 1.29 is 23.0 Å². The molecule has 0 radical (unpaired) electrons. The molecule has 2 aromatic carbocycles. The monoisotopic (exact) mass is 475 g/mol. The molecule has 8 heteroatoms. The third-order valence-electron chi connectivity index (χ3n) is 7.48. The third-order valence-corrected chi connectivity index (χ3v) is 7.48. The fourth-order valence-electron chi connectivity index (χ4n) is 5.68. The summed E-state index contributed by atoms with van der Waals surface area (Å²) in [6, 6.07) is 14.1. The minimum absolute atomic E-state index is 0.00147. The van der Waals surface area contributed by atoms with Crippen molar-refractivity contribution in [3.8, 4) is 0 Å². The first-order valence-corrected chi connectivity index (χ1v) is 12.2. The number of piperazine rings is 1. The Morgan fingerprint density at radius 3 is 2.41 bits per heavy atom. The van der Waals surface area contributed by atoms with Crippen LogP contribution in [0.25, 0.3) is 0 Å². The van der Waals surface area contributed by atoms with E-state index in [2.05, 4.69) is 27.2 Å². The average molecular weight is 476 g/mol. The summed E-state index contributed by atoms with van der Waals surface area (Å²) in [6.45, 7) is 5.31. The number of alkyl halides is 3. The van der Waals surface area contributed by atoms with Gasteiger partial charge in [0.1, 0.15) is 0 Å². The number of aliphatic hydroxyl groups is 1. The molecule has 3 aliphatic heterocycles. The molecule has 0 amide bonds. The fourth-order valence-corrected chi connectivity index (χ4v) is 5.68. The molecular weight excluding hydrogens is 443 g/mol. The van der Waals surface area contributed by atoms with Crippen LogP contribution >= 0.6 is 0 Å². The second-order valence-electron chi connectivity index (χ2n) is 9.62. The van der Waals surface area contributed by atoms with Crippen LogP contribution in [0.2, 0.25) is 0 Å². The highest BCUT2D eigenvalue weighted by atomic mass is 19.4. The highest BCUT2D eigenvalue weighted by molar-refractivity contribution is 5.58. The molecule has 0 aromatic heterocycles. The van der Waals surface area contributed by atoms with Crippen LogP contribution in [0.1, 0.15) is 41.7 Å². The summed E-state index contributed by atoms with van der Waals surface area (Å²) in [5, 5.41) is 12.7. The number of β-amino-alcohol motifs (C(OH)–C–C–N with tert-alkyl or cyclic N) is 1. The zero-order chi connectivity index (χ0) is 23.7. The Balaban J connectivity index is 1.37. The molecule has 3 aliphatic rings. The maximum atomic E-state index is 13.5. The highest BCUT2D eigenvalue weighted by Crippen LogP contribution is 2.51. The molecule has 2 N–H and O–H groups in total. The van der Waals surface area contributed by atoms with Gasteiger partial charge in [-0.2, -0.15) is 13.2 Å². The van der Waals surface area contributed by atoms with Gasteiger partial charge < -0.3 is 15.2 Å². The molecule has 2 fully saturated rings. The number of benzene rings is 2. The molecular formula is C26H32F3N3O2. The van der Waals surface area contributed by atoms with Crippen molar-refractivity contribution in [1.82, 2.24) is 9.80 Å². The van der Waals surface area contributed by atoms with Gasteiger partial charge in [-0.05, 0) is 36.6 Å². The number of nitrogens with zero attached hydrogens (tertiary/aromatic N) is 2. The Kier molecular flexibility index (Phi) is 6.84. The van der Waals surface area contributed by atoms with Gasteiger partial charge in [0.2, 0.25) is 0 Å². The quantitative estimate of drug-likeness (QED) is 0.675. The van der Waals surface area contributed by atoms with Crippen molar-refractivity contribution in [1.29, 1.82) is 0 Å². The van der Waals surface area contributed by atoms with E-state index in [4.69, 9.17) is 9.84 Å². The van der Waals surface area contributed by atoms with E-state index < -0.39 is 11.7 Å². The van der Waals surface area contributed by atoms with Gasteiger partial charge in [0.25, 0.3) is 0 Å². The first kappa shape index (κ1) is 23.6. The molecule has 5 nitrogen and oxygen atoms in total. The predicted molar refractivity (Wildman–Crippen MR) is 125 cm³/mol. The van der Waals surface area contributed by atoms with E-state index in [-0.39, 0.29) is 30.8 Å². The van der Waals surface area contributed by atoms with Gasteiger partial charge in [-0.1, -0.05) is 30.3 Å². The Hall–Kier alpha value is -2.13. The van der Waals surface area contributed by atoms with Crippen molar-refractivity contribution in [3.05, 3.63) is 65.2 Å². The minimum Gasteiger partial charge on any atom is -0.395 e. The topological polar surface area (TPSA) is 48.0 Å². The van der Waals surface area contributed by atoms with Gasteiger partial charge in [-0.3, -0.25) is 9.80 Å². The van der Waals surface area contributed by atoms with Crippen molar-refractivity contribution >= 4 is 5.69 Å². The second kappa shape index (κ2) is 9.85. The van der Waals surface area contributed by atoms with Crippen LogP contribution in [0.5, 0.6) is 0 Å². The number of ether oxygens (including phenoxy) is 1. The Morgan fingerprint density at radius 1 is 0.971 bits per heavy atom. The Morgan fingerprint density at radius 2 is 1.71 bits per heavy atom. The maximum absolute atomic E-state index is 13.5. The van der Waals surface area contributed by atoms with Crippen molar-refractivity contribution in [2.24, 2.45) is 5.92 Å². The first-order valence-electron chi connectivity index (χ1n) is 12.2. The molecule has 4 atom stereocenters. The van der Waals surface area contributed by atoms with Crippen molar-refractivity contribution in [2.75, 3.05) is 51.2 Å². The average Bonchev–Trinajstić information content (AvgIpc) is 2.84. The zero-order valence-corrected chi connectivity index (χ0v) is 19.2. The van der Waals surface area contributed by atoms with Crippen LogP contribution in [-0.2, 0) is 10.9 Å². The molecule has 5 rings (SSSR count). The minimum atomic E-state index is -4.39. The largest absolute Gasteiger partial charge is 0.416 e. The Labute approximate surface area is 198 Å². The molecule has 34 heavy (non-hydrogen) atoms. The van der Waals surface area contributed by atoms with Crippen LogP contribution in [0.4, 0.5) is 18.9 Å². The van der Waals surface area contributed by atoms with Gasteiger partial charge in [-0.25, -0.2) is 0 Å². The molecule has 2 saturated heterocycles. The maximum Gasteiger partial charge on any atom is 0.416 e. The zero-order valence-electron chi connectivity index (χ0n) is 19.2. The van der Waals surface area contributed by atoms with E-state index in [1.807, 2.05) is 18.2 Å². The molecule has 0 saturated carbocycles. The van der Waals surface area contributed by atoms with Gasteiger partial charge >= 0.3 is 6.18 Å². The van der Waals surface area contributed by atoms with Gasteiger partial charge in [0, 0.05) is 56.4 Å². The summed E-state index contributed by atoms with van der Waals surface area (Å²) in [5.41, 5.74) is 1.84. The van der Waals surface area contributed by atoms with E-state index in [0.29, 0.717) is 12.1 Å². The number of fused-ring (bicyclic) bond motifs is 3. The standard InChI is InChI=1S/C26H32F3N3O2/c27-26(28,29)19-6-9-23-22(16-19)25-21(24(30-23)18-4-2-1-3-5-18)8-7-20(34-25)17-32-12-10-31(11-13-32)14-15-33/h1-6,9,16,20-21,24-25,30,33H,7-8,10-15,17H2/t20-,21+,24+,25+/m1/s1. The summed E-state index contributed by atoms with van der Waals surface area (Å²) < 4.78 is 47.1. The number of hydrogen-bond donors (Lipinski definition) is 2. The molecule has 2 aromatic rings. The van der Waals surface area contributed by atoms with Gasteiger partial charge in [-0.15, -0.1) is 0 Å². The lowest BCUT2D eigenvalue weighted by Gasteiger charge is -2.47. The van der Waals surface area contributed by atoms with Crippen molar-refractivity contribution in [3.63, 3.8) is 0 Å². The third kappa shape index (κ3) is 4.96. The SMILES string of the molecule is OCCN1CCN(C[C@H]2CC[C@@H]3[C@H](O2)c2cc(C(F)(F)F)ccc2N[C@H]3c2ccccc2)CC1. The lowest BCUT2D eigenvalue weighted by atomic mass is 9.76. The first-order chi connectivity index (χ1) is 16.4. The van der Waals surface area contributed by atoms with Crippen molar-refractivity contribution in [2.45, 2.75) is 37.3 Å². The summed E-state index contributed by atoms with van der Waals surface area (Å²) in [4.78, 5) is 4.63. The van der Waals surface area contributed by atoms with Crippen LogP contribution in [0.15, 0.2) is 48.5 Å². The molecule has 0 bridgehead atoms. The molecule has 3 heterocycles. The number of nitrogens with one attached hydrogen (secondary N) is 1. The number of hydrogen-bond acceptors (Lipinski definition) is 5. The van der Waals surface area contributed by atoms with E-state index in [1.54, 1.807) is 6.07 Å². The van der Waals surface area contributed by atoms with Crippen LogP contribution in [0.3, 0.4) is 0 Å². The number of halogens is 3. The summed E-state index contributed by atoms with van der Waals surface area (Å²) >= 11 is 0. The normalized spacial score (nSPS) is 28.1. The smallest absolute Gasteiger partial charge is 0.395 e. The van der Waals surface area contributed by atoms with Gasteiger partial charge in [0.15, 0.2) is 0 Å². The lowest BCUT2D eigenvalue weighted by Crippen LogP contribution is -2.50. The molecule has 0 spiro atoms. The lowest BCUT2D eigenvalue weighted by molar-refractivity contribution is -0.138. The van der Waals surface area contributed by atoms with Gasteiger partial charge in [0.05, 0.1) is 30.4 Å².